The van der Waals surface area contributed by atoms with Gasteiger partial charge in [-0.1, -0.05) is 6.07 Å². The van der Waals surface area contributed by atoms with Gasteiger partial charge in [-0.3, -0.25) is 10.1 Å². The summed E-state index contributed by atoms with van der Waals surface area (Å²) < 4.78 is 36.7. The highest BCUT2D eigenvalue weighted by Crippen LogP contribution is 2.35. The number of non-ortho nitro benzene ring substituents is 1. The molecule has 1 aromatic carbocycles. The summed E-state index contributed by atoms with van der Waals surface area (Å²) in [4.78, 5) is 9.57. The van der Waals surface area contributed by atoms with Gasteiger partial charge >= 0.3 is 6.18 Å². The molecule has 0 radical (unpaired) electrons. The van der Waals surface area contributed by atoms with Crippen LogP contribution in [-0.2, 0) is 0 Å². The van der Waals surface area contributed by atoms with E-state index in [1.54, 1.807) is 0 Å². The van der Waals surface area contributed by atoms with Gasteiger partial charge < -0.3 is 5.11 Å². The highest BCUT2D eigenvalue weighted by Gasteiger charge is 2.40. The molecule has 1 aromatic rings. The minimum absolute atomic E-state index is 0.149. The molecular formula is C9H8F3NO3. The van der Waals surface area contributed by atoms with Crippen molar-refractivity contribution in [3.05, 3.63) is 39.4 Å². The molecule has 0 saturated carbocycles. The van der Waals surface area contributed by atoms with E-state index in [9.17, 15) is 23.3 Å². The lowest BCUT2D eigenvalue weighted by atomic mass is 10.0. The van der Waals surface area contributed by atoms with E-state index in [-0.39, 0.29) is 5.56 Å². The number of benzene rings is 1. The van der Waals surface area contributed by atoms with E-state index in [4.69, 9.17) is 5.11 Å². The van der Waals surface area contributed by atoms with Crippen LogP contribution < -0.4 is 0 Å². The van der Waals surface area contributed by atoms with Crippen molar-refractivity contribution in [2.24, 2.45) is 0 Å². The lowest BCUT2D eigenvalue weighted by Gasteiger charge is -2.16. The maximum Gasteiger partial charge on any atom is 0.418 e. The Balaban J connectivity index is 3.22. The van der Waals surface area contributed by atoms with Crippen LogP contribution in [0.25, 0.3) is 0 Å². The predicted octanol–water partition coefficient (Wildman–Crippen LogP) is 2.50. The van der Waals surface area contributed by atoms with Gasteiger partial charge in [-0.2, -0.15) is 13.2 Å². The van der Waals surface area contributed by atoms with E-state index >= 15 is 0 Å². The topological polar surface area (TPSA) is 63.4 Å². The van der Waals surface area contributed by atoms with Crippen LogP contribution in [0.5, 0.6) is 0 Å². The lowest BCUT2D eigenvalue weighted by Crippen LogP contribution is -2.21. The number of rotatable bonds is 2. The summed E-state index contributed by atoms with van der Waals surface area (Å²) in [5.41, 5.74) is -0.832. The molecule has 88 valence electrons. The summed E-state index contributed by atoms with van der Waals surface area (Å²) in [6, 6.07) is 2.98. The van der Waals surface area contributed by atoms with Crippen molar-refractivity contribution in [2.75, 3.05) is 0 Å². The van der Waals surface area contributed by atoms with Gasteiger partial charge in [0.2, 0.25) is 0 Å². The monoisotopic (exact) mass is 235 g/mol. The number of halogens is 3. The third kappa shape index (κ3) is 2.48. The summed E-state index contributed by atoms with van der Waals surface area (Å²) in [6.07, 6.45) is -7.53. The van der Waals surface area contributed by atoms with Crippen LogP contribution in [-0.4, -0.2) is 16.2 Å². The molecule has 0 fully saturated rings. The van der Waals surface area contributed by atoms with E-state index in [2.05, 4.69) is 0 Å². The van der Waals surface area contributed by atoms with Gasteiger partial charge in [-0.15, -0.1) is 0 Å². The maximum absolute atomic E-state index is 12.2. The Labute approximate surface area is 88.5 Å². The minimum atomic E-state index is -4.83. The van der Waals surface area contributed by atoms with Crippen LogP contribution in [0.1, 0.15) is 17.2 Å². The number of nitro benzene ring substituents is 1. The molecule has 0 unspecified atom stereocenters. The Morgan fingerprint density at radius 1 is 1.44 bits per heavy atom. The van der Waals surface area contributed by atoms with E-state index in [0.717, 1.165) is 12.1 Å². The SMILES string of the molecule is Cc1ccc([N+](=O)[O-])cc1[C@@H](O)C(F)(F)F. The Morgan fingerprint density at radius 3 is 2.44 bits per heavy atom. The molecule has 0 amide bonds. The van der Waals surface area contributed by atoms with Crippen LogP contribution >= 0.6 is 0 Å². The van der Waals surface area contributed by atoms with Crippen molar-refractivity contribution in [1.29, 1.82) is 0 Å². The molecule has 0 bridgehead atoms. The smallest absolute Gasteiger partial charge is 0.379 e. The zero-order valence-corrected chi connectivity index (χ0v) is 8.15. The van der Waals surface area contributed by atoms with Crippen LogP contribution in [0.3, 0.4) is 0 Å². The van der Waals surface area contributed by atoms with Crippen LogP contribution in [0, 0.1) is 17.0 Å². The molecule has 4 nitrogen and oxygen atoms in total. The molecule has 0 heterocycles. The second kappa shape index (κ2) is 4.09. The highest BCUT2D eigenvalue weighted by atomic mass is 19.4. The molecule has 0 aliphatic carbocycles. The number of aryl methyl sites for hydroxylation is 1. The Bertz CT molecular complexity index is 417. The first-order valence-corrected chi connectivity index (χ1v) is 4.23. The van der Waals surface area contributed by atoms with Gasteiger partial charge in [-0.05, 0) is 18.1 Å². The largest absolute Gasteiger partial charge is 0.418 e. The second-order valence-corrected chi connectivity index (χ2v) is 3.24. The van der Waals surface area contributed by atoms with Crippen molar-refractivity contribution in [3.63, 3.8) is 0 Å². The number of aliphatic hydroxyl groups excluding tert-OH is 1. The molecule has 0 aliphatic rings. The predicted molar refractivity (Wildman–Crippen MR) is 48.8 cm³/mol. The number of alkyl halides is 3. The molecule has 1 N–H and O–H groups in total. The van der Waals surface area contributed by atoms with Gasteiger partial charge in [0.1, 0.15) is 0 Å². The molecule has 0 aliphatic heterocycles. The zero-order chi connectivity index (χ0) is 12.5. The average molecular weight is 235 g/mol. The van der Waals surface area contributed by atoms with Gasteiger partial charge in [0.05, 0.1) is 4.92 Å². The molecule has 7 heteroatoms. The van der Waals surface area contributed by atoms with Gasteiger partial charge in [0.25, 0.3) is 5.69 Å². The first-order valence-electron chi connectivity index (χ1n) is 4.23. The molecule has 1 atom stereocenters. The molecule has 1 rings (SSSR count). The number of nitro groups is 1. The summed E-state index contributed by atoms with van der Waals surface area (Å²) in [5.74, 6) is 0. The summed E-state index contributed by atoms with van der Waals surface area (Å²) in [5, 5.41) is 19.4. The van der Waals surface area contributed by atoms with Gasteiger partial charge in [-0.25, -0.2) is 0 Å². The van der Waals surface area contributed by atoms with Crippen LogP contribution in [0.4, 0.5) is 18.9 Å². The minimum Gasteiger partial charge on any atom is -0.379 e. The Hall–Kier alpha value is -1.63. The Morgan fingerprint density at radius 2 is 2.00 bits per heavy atom. The number of hydrogen-bond donors (Lipinski definition) is 1. The third-order valence-electron chi connectivity index (χ3n) is 2.08. The van der Waals surface area contributed by atoms with Crippen molar-refractivity contribution in [3.8, 4) is 0 Å². The fourth-order valence-electron chi connectivity index (χ4n) is 1.21. The molecule has 0 aromatic heterocycles. The maximum atomic E-state index is 12.2. The summed E-state index contributed by atoms with van der Waals surface area (Å²) in [7, 11) is 0. The normalized spacial score (nSPS) is 13.6. The van der Waals surface area contributed by atoms with Crippen molar-refractivity contribution >= 4 is 5.69 Å². The second-order valence-electron chi connectivity index (χ2n) is 3.24. The summed E-state index contributed by atoms with van der Waals surface area (Å²) >= 11 is 0. The fourth-order valence-corrected chi connectivity index (χ4v) is 1.21. The number of hydrogen-bond acceptors (Lipinski definition) is 3. The van der Waals surface area contributed by atoms with E-state index in [0.29, 0.717) is 0 Å². The van der Waals surface area contributed by atoms with Crippen molar-refractivity contribution < 1.29 is 23.2 Å². The van der Waals surface area contributed by atoms with E-state index in [1.807, 2.05) is 0 Å². The first kappa shape index (κ1) is 12.4. The van der Waals surface area contributed by atoms with E-state index in [1.165, 1.54) is 13.0 Å². The quantitative estimate of drug-likeness (QED) is 0.632. The molecule has 0 saturated heterocycles. The Kier molecular flexibility index (Phi) is 3.18. The van der Waals surface area contributed by atoms with Crippen LogP contribution in [0.2, 0.25) is 0 Å². The van der Waals surface area contributed by atoms with Gasteiger partial charge in [0, 0.05) is 12.1 Å². The molecule has 0 spiro atoms. The molecule has 16 heavy (non-hydrogen) atoms. The fraction of sp³-hybridized carbons (Fsp3) is 0.333. The highest BCUT2D eigenvalue weighted by molar-refractivity contribution is 5.40. The summed E-state index contributed by atoms with van der Waals surface area (Å²) in [6.45, 7) is 1.34. The molecular weight excluding hydrogens is 227 g/mol. The van der Waals surface area contributed by atoms with Crippen molar-refractivity contribution in [1.82, 2.24) is 0 Å². The van der Waals surface area contributed by atoms with Crippen LogP contribution in [0.15, 0.2) is 18.2 Å². The first-order chi connectivity index (χ1) is 7.23. The average Bonchev–Trinajstić information content (AvgIpc) is 2.15. The number of nitrogens with zero attached hydrogens (tertiary/aromatic N) is 1. The van der Waals surface area contributed by atoms with E-state index < -0.39 is 28.5 Å². The lowest BCUT2D eigenvalue weighted by molar-refractivity contribution is -0.385. The zero-order valence-electron chi connectivity index (χ0n) is 8.15. The van der Waals surface area contributed by atoms with Crippen molar-refractivity contribution in [2.45, 2.75) is 19.2 Å². The van der Waals surface area contributed by atoms with Gasteiger partial charge in [0.15, 0.2) is 6.10 Å². The number of aliphatic hydroxyl groups is 1. The third-order valence-corrected chi connectivity index (χ3v) is 2.08. The standard InChI is InChI=1S/C9H8F3NO3/c1-5-2-3-6(13(15)16)4-7(5)8(14)9(10,11)12/h2-4,8,14H,1H3/t8-/m1/s1.